The molecule has 0 aromatic carbocycles. The van der Waals surface area contributed by atoms with Crippen LogP contribution >= 0.6 is 0 Å². The Morgan fingerprint density at radius 1 is 0.944 bits per heavy atom. The molecule has 0 aromatic rings. The Hall–Kier alpha value is -0.160. The highest BCUT2D eigenvalue weighted by molar-refractivity contribution is 4.86. The maximum Gasteiger partial charge on any atom is 0.181 e. The molecule has 4 heteroatoms. The van der Waals surface area contributed by atoms with Gasteiger partial charge in [-0.25, -0.2) is 0 Å². The van der Waals surface area contributed by atoms with Gasteiger partial charge in [0.15, 0.2) is 6.29 Å². The van der Waals surface area contributed by atoms with Crippen molar-refractivity contribution in [1.82, 2.24) is 4.90 Å². The third-order valence-corrected chi connectivity index (χ3v) is 4.51. The molecule has 3 aliphatic heterocycles. The van der Waals surface area contributed by atoms with Crippen LogP contribution in [0.1, 0.15) is 32.1 Å². The SMILES string of the molecule is C1CCN2CCCC(COCC3OCCO3)C2C1. The zero-order valence-corrected chi connectivity index (χ0v) is 11.2. The van der Waals surface area contributed by atoms with Crippen LogP contribution in [0.15, 0.2) is 0 Å². The van der Waals surface area contributed by atoms with Gasteiger partial charge >= 0.3 is 0 Å². The van der Waals surface area contributed by atoms with E-state index in [0.29, 0.717) is 19.8 Å². The maximum atomic E-state index is 5.83. The van der Waals surface area contributed by atoms with Crippen molar-refractivity contribution in [3.63, 3.8) is 0 Å². The molecular weight excluding hydrogens is 230 g/mol. The third kappa shape index (κ3) is 3.05. The molecule has 3 aliphatic rings. The summed E-state index contributed by atoms with van der Waals surface area (Å²) in [5.74, 6) is 0.723. The van der Waals surface area contributed by atoms with E-state index in [1.165, 1.54) is 45.2 Å². The van der Waals surface area contributed by atoms with E-state index in [4.69, 9.17) is 14.2 Å². The molecule has 0 amide bonds. The van der Waals surface area contributed by atoms with E-state index >= 15 is 0 Å². The number of hydrogen-bond donors (Lipinski definition) is 0. The Labute approximate surface area is 110 Å². The third-order valence-electron chi connectivity index (χ3n) is 4.51. The summed E-state index contributed by atoms with van der Waals surface area (Å²) in [6, 6.07) is 0.776. The van der Waals surface area contributed by atoms with Crippen molar-refractivity contribution in [2.75, 3.05) is 39.5 Å². The first kappa shape index (κ1) is 12.9. The van der Waals surface area contributed by atoms with Gasteiger partial charge in [-0.15, -0.1) is 0 Å². The lowest BCUT2D eigenvalue weighted by Crippen LogP contribution is -2.49. The second-order valence-corrected chi connectivity index (χ2v) is 5.71. The van der Waals surface area contributed by atoms with Gasteiger partial charge in [0.25, 0.3) is 0 Å². The van der Waals surface area contributed by atoms with Crippen molar-refractivity contribution in [3.8, 4) is 0 Å². The van der Waals surface area contributed by atoms with Crippen LogP contribution in [0.2, 0.25) is 0 Å². The molecule has 3 rings (SSSR count). The summed E-state index contributed by atoms with van der Waals surface area (Å²) < 4.78 is 16.6. The summed E-state index contributed by atoms with van der Waals surface area (Å²) in [5.41, 5.74) is 0. The molecule has 3 fully saturated rings. The van der Waals surface area contributed by atoms with Gasteiger partial charge in [-0.1, -0.05) is 6.42 Å². The van der Waals surface area contributed by atoms with Crippen LogP contribution in [0, 0.1) is 5.92 Å². The lowest BCUT2D eigenvalue weighted by molar-refractivity contribution is -0.105. The molecule has 3 saturated heterocycles. The Morgan fingerprint density at radius 2 is 1.78 bits per heavy atom. The second-order valence-electron chi connectivity index (χ2n) is 5.71. The second kappa shape index (κ2) is 6.33. The van der Waals surface area contributed by atoms with Gasteiger partial charge in [0, 0.05) is 6.04 Å². The van der Waals surface area contributed by atoms with Gasteiger partial charge in [0.05, 0.1) is 26.4 Å². The zero-order chi connectivity index (χ0) is 12.2. The van der Waals surface area contributed by atoms with E-state index < -0.39 is 0 Å². The minimum absolute atomic E-state index is 0.115. The van der Waals surface area contributed by atoms with E-state index in [0.717, 1.165) is 18.6 Å². The van der Waals surface area contributed by atoms with Gasteiger partial charge < -0.3 is 19.1 Å². The molecule has 0 radical (unpaired) electrons. The number of ether oxygens (including phenoxy) is 3. The molecule has 0 saturated carbocycles. The number of rotatable bonds is 4. The Kier molecular flexibility index (Phi) is 4.52. The largest absolute Gasteiger partial charge is 0.376 e. The van der Waals surface area contributed by atoms with Crippen molar-refractivity contribution in [3.05, 3.63) is 0 Å². The fourth-order valence-electron chi connectivity index (χ4n) is 3.59. The first-order valence-corrected chi connectivity index (χ1v) is 7.48. The van der Waals surface area contributed by atoms with E-state index in [1.54, 1.807) is 0 Å². The maximum absolute atomic E-state index is 5.83. The molecule has 18 heavy (non-hydrogen) atoms. The number of hydrogen-bond acceptors (Lipinski definition) is 4. The highest BCUT2D eigenvalue weighted by Gasteiger charge is 2.33. The van der Waals surface area contributed by atoms with Crippen molar-refractivity contribution in [1.29, 1.82) is 0 Å². The van der Waals surface area contributed by atoms with Gasteiger partial charge in [0.2, 0.25) is 0 Å². The summed E-state index contributed by atoms with van der Waals surface area (Å²) in [4.78, 5) is 2.68. The first-order valence-electron chi connectivity index (χ1n) is 7.48. The van der Waals surface area contributed by atoms with E-state index in [2.05, 4.69) is 4.90 Å². The standard InChI is InChI=1S/C14H25NO3/c1-2-6-15-7-3-4-12(13(15)5-1)10-16-11-14-17-8-9-18-14/h12-14H,1-11H2. The van der Waals surface area contributed by atoms with Crippen LogP contribution in [-0.2, 0) is 14.2 Å². The Bertz CT molecular complexity index is 253. The molecule has 3 heterocycles. The van der Waals surface area contributed by atoms with Crippen LogP contribution in [0.5, 0.6) is 0 Å². The fraction of sp³-hybridized carbons (Fsp3) is 1.00. The van der Waals surface area contributed by atoms with Crippen LogP contribution in [0.25, 0.3) is 0 Å². The summed E-state index contributed by atoms with van der Waals surface area (Å²) in [5, 5.41) is 0. The summed E-state index contributed by atoms with van der Waals surface area (Å²) >= 11 is 0. The number of piperidine rings is 2. The molecular formula is C14H25NO3. The first-order chi connectivity index (χ1) is 8.93. The highest BCUT2D eigenvalue weighted by atomic mass is 16.7. The topological polar surface area (TPSA) is 30.9 Å². The molecule has 0 bridgehead atoms. The van der Waals surface area contributed by atoms with E-state index in [-0.39, 0.29) is 6.29 Å². The minimum Gasteiger partial charge on any atom is -0.376 e. The van der Waals surface area contributed by atoms with E-state index in [9.17, 15) is 0 Å². The van der Waals surface area contributed by atoms with Gasteiger partial charge in [-0.2, -0.15) is 0 Å². The molecule has 2 unspecified atom stereocenters. The van der Waals surface area contributed by atoms with Crippen LogP contribution in [-0.4, -0.2) is 56.7 Å². The average Bonchev–Trinajstić information content (AvgIpc) is 2.92. The average molecular weight is 255 g/mol. The molecule has 2 atom stereocenters. The van der Waals surface area contributed by atoms with Gasteiger partial charge in [0.1, 0.15) is 0 Å². The Morgan fingerprint density at radius 3 is 2.67 bits per heavy atom. The lowest BCUT2D eigenvalue weighted by Gasteiger charge is -2.44. The monoisotopic (exact) mass is 255 g/mol. The van der Waals surface area contributed by atoms with Crippen molar-refractivity contribution >= 4 is 0 Å². The zero-order valence-electron chi connectivity index (χ0n) is 11.2. The molecule has 0 aromatic heterocycles. The predicted molar refractivity (Wildman–Crippen MR) is 68.4 cm³/mol. The fourth-order valence-corrected chi connectivity index (χ4v) is 3.59. The van der Waals surface area contributed by atoms with Gasteiger partial charge in [-0.05, 0) is 44.7 Å². The van der Waals surface area contributed by atoms with Gasteiger partial charge in [-0.3, -0.25) is 0 Å². The summed E-state index contributed by atoms with van der Waals surface area (Å²) in [7, 11) is 0. The lowest BCUT2D eigenvalue weighted by atomic mass is 9.84. The number of fused-ring (bicyclic) bond motifs is 1. The Balaban J connectivity index is 1.42. The van der Waals surface area contributed by atoms with Crippen LogP contribution in [0.4, 0.5) is 0 Å². The van der Waals surface area contributed by atoms with Crippen molar-refractivity contribution in [2.45, 2.75) is 44.4 Å². The molecule has 0 aliphatic carbocycles. The normalized spacial score (nSPS) is 34.7. The number of nitrogens with zero attached hydrogens (tertiary/aromatic N) is 1. The molecule has 4 nitrogen and oxygen atoms in total. The summed E-state index contributed by atoms with van der Waals surface area (Å²) in [6.45, 7) is 5.52. The van der Waals surface area contributed by atoms with Crippen LogP contribution < -0.4 is 0 Å². The minimum atomic E-state index is -0.115. The predicted octanol–water partition coefficient (Wildman–Crippen LogP) is 1.64. The van der Waals surface area contributed by atoms with Crippen molar-refractivity contribution in [2.24, 2.45) is 5.92 Å². The van der Waals surface area contributed by atoms with Crippen LogP contribution in [0.3, 0.4) is 0 Å². The summed E-state index contributed by atoms with van der Waals surface area (Å²) in [6.07, 6.45) is 6.69. The molecule has 0 N–H and O–H groups in total. The van der Waals surface area contributed by atoms with Crippen molar-refractivity contribution < 1.29 is 14.2 Å². The molecule has 0 spiro atoms. The quantitative estimate of drug-likeness (QED) is 0.764. The van der Waals surface area contributed by atoms with E-state index in [1.807, 2.05) is 0 Å². The highest BCUT2D eigenvalue weighted by Crippen LogP contribution is 2.31. The molecule has 104 valence electrons. The smallest absolute Gasteiger partial charge is 0.181 e.